The Hall–Kier alpha value is -0.960. The molecule has 1 aromatic carbocycles. The Balaban J connectivity index is 2.06. The number of hydrogen-bond donors (Lipinski definition) is 0. The standard InChI is InChI=1S/C17H23F2N/c18-17(19)12-6-5-11-16(17,15-9-3-1-4-10-15)20-13-7-2-8-14-20/h1,3-4,9-10H,2,5-8,11-14H2. The van der Waals surface area contributed by atoms with E-state index in [2.05, 4.69) is 4.90 Å². The molecular formula is C17H23F2N. The van der Waals surface area contributed by atoms with Crippen LogP contribution in [0.15, 0.2) is 30.3 Å². The molecule has 0 N–H and O–H groups in total. The number of halogens is 2. The van der Waals surface area contributed by atoms with Crippen molar-refractivity contribution in [3.8, 4) is 0 Å². The van der Waals surface area contributed by atoms with Crippen molar-refractivity contribution < 1.29 is 8.78 Å². The van der Waals surface area contributed by atoms with Gasteiger partial charge in [-0.25, -0.2) is 8.78 Å². The zero-order valence-electron chi connectivity index (χ0n) is 12.0. The molecule has 1 nitrogen and oxygen atoms in total. The van der Waals surface area contributed by atoms with Crippen LogP contribution in [0.25, 0.3) is 0 Å². The predicted molar refractivity (Wildman–Crippen MR) is 77.0 cm³/mol. The van der Waals surface area contributed by atoms with Crippen LogP contribution in [0.3, 0.4) is 0 Å². The average Bonchev–Trinajstić information content (AvgIpc) is 2.49. The molecule has 3 rings (SSSR count). The third kappa shape index (κ3) is 2.16. The minimum Gasteiger partial charge on any atom is -0.289 e. The Morgan fingerprint density at radius 3 is 2.10 bits per heavy atom. The van der Waals surface area contributed by atoms with Gasteiger partial charge in [-0.1, -0.05) is 43.2 Å². The molecule has 3 heteroatoms. The van der Waals surface area contributed by atoms with Crippen LogP contribution in [-0.4, -0.2) is 23.9 Å². The Morgan fingerprint density at radius 1 is 0.800 bits per heavy atom. The molecule has 0 bridgehead atoms. The Morgan fingerprint density at radius 2 is 1.45 bits per heavy atom. The minimum absolute atomic E-state index is 0.0262. The molecule has 1 aliphatic heterocycles. The summed E-state index contributed by atoms with van der Waals surface area (Å²) in [5.74, 6) is -2.62. The first kappa shape index (κ1) is 14.0. The van der Waals surface area contributed by atoms with Gasteiger partial charge in [0.25, 0.3) is 5.92 Å². The van der Waals surface area contributed by atoms with Gasteiger partial charge in [0, 0.05) is 6.42 Å². The molecule has 1 heterocycles. The molecule has 0 radical (unpaired) electrons. The van der Waals surface area contributed by atoms with Crippen LogP contribution >= 0.6 is 0 Å². The third-order valence-electron chi connectivity index (χ3n) is 5.03. The van der Waals surface area contributed by atoms with Gasteiger partial charge < -0.3 is 0 Å². The molecule has 2 aliphatic rings. The van der Waals surface area contributed by atoms with E-state index in [1.165, 1.54) is 6.42 Å². The summed E-state index contributed by atoms with van der Waals surface area (Å²) >= 11 is 0. The van der Waals surface area contributed by atoms with Gasteiger partial charge in [0.15, 0.2) is 0 Å². The fourth-order valence-electron chi connectivity index (χ4n) is 4.03. The van der Waals surface area contributed by atoms with Gasteiger partial charge in [0.2, 0.25) is 0 Å². The Kier molecular flexibility index (Phi) is 3.80. The largest absolute Gasteiger partial charge is 0.289 e. The Labute approximate surface area is 120 Å². The molecule has 1 aliphatic carbocycles. The van der Waals surface area contributed by atoms with Crippen molar-refractivity contribution in [3.63, 3.8) is 0 Å². The highest BCUT2D eigenvalue weighted by atomic mass is 19.3. The maximum Gasteiger partial charge on any atom is 0.270 e. The summed E-state index contributed by atoms with van der Waals surface area (Å²) in [5.41, 5.74) is -0.251. The maximum atomic E-state index is 15.0. The van der Waals surface area contributed by atoms with Crippen molar-refractivity contribution in [3.05, 3.63) is 35.9 Å². The van der Waals surface area contributed by atoms with Gasteiger partial charge in [0.05, 0.1) is 0 Å². The van der Waals surface area contributed by atoms with Gasteiger partial charge in [-0.15, -0.1) is 0 Å². The van der Waals surface area contributed by atoms with E-state index in [0.717, 1.165) is 37.9 Å². The van der Waals surface area contributed by atoms with Gasteiger partial charge in [-0.3, -0.25) is 4.90 Å². The van der Waals surface area contributed by atoms with Crippen molar-refractivity contribution in [1.29, 1.82) is 0 Å². The molecule has 1 saturated heterocycles. The molecule has 0 amide bonds. The number of hydrogen-bond acceptors (Lipinski definition) is 1. The number of nitrogens with zero attached hydrogens (tertiary/aromatic N) is 1. The summed E-state index contributed by atoms with van der Waals surface area (Å²) in [5, 5.41) is 0. The first-order valence-corrected chi connectivity index (χ1v) is 7.85. The van der Waals surface area contributed by atoms with E-state index in [9.17, 15) is 8.78 Å². The highest BCUT2D eigenvalue weighted by molar-refractivity contribution is 5.29. The number of alkyl halides is 2. The zero-order valence-corrected chi connectivity index (χ0v) is 12.0. The van der Waals surface area contributed by atoms with Crippen LogP contribution in [-0.2, 0) is 5.54 Å². The average molecular weight is 279 g/mol. The summed E-state index contributed by atoms with van der Waals surface area (Å²) in [6.45, 7) is 1.62. The van der Waals surface area contributed by atoms with Crippen LogP contribution in [0.2, 0.25) is 0 Å². The maximum absolute atomic E-state index is 15.0. The first-order valence-electron chi connectivity index (χ1n) is 7.85. The summed E-state index contributed by atoms with van der Waals surface area (Å²) in [7, 11) is 0. The fourth-order valence-corrected chi connectivity index (χ4v) is 4.03. The second-order valence-corrected chi connectivity index (χ2v) is 6.19. The number of rotatable bonds is 2. The van der Waals surface area contributed by atoms with Gasteiger partial charge >= 0.3 is 0 Å². The van der Waals surface area contributed by atoms with Crippen LogP contribution in [0.5, 0.6) is 0 Å². The molecule has 1 unspecified atom stereocenters. The quantitative estimate of drug-likeness (QED) is 0.766. The molecule has 110 valence electrons. The zero-order chi connectivity index (χ0) is 14.1. The van der Waals surface area contributed by atoms with E-state index in [1.807, 2.05) is 30.3 Å². The minimum atomic E-state index is -2.62. The third-order valence-corrected chi connectivity index (χ3v) is 5.03. The van der Waals surface area contributed by atoms with Crippen molar-refractivity contribution in [2.45, 2.75) is 56.4 Å². The van der Waals surface area contributed by atoms with E-state index < -0.39 is 11.5 Å². The van der Waals surface area contributed by atoms with E-state index in [4.69, 9.17) is 0 Å². The van der Waals surface area contributed by atoms with Crippen molar-refractivity contribution in [2.75, 3.05) is 13.1 Å². The molecule has 0 aromatic heterocycles. The molecule has 2 fully saturated rings. The second-order valence-electron chi connectivity index (χ2n) is 6.19. The van der Waals surface area contributed by atoms with Crippen LogP contribution < -0.4 is 0 Å². The summed E-state index contributed by atoms with van der Waals surface area (Å²) in [6.07, 6.45) is 5.43. The summed E-state index contributed by atoms with van der Waals surface area (Å²) < 4.78 is 29.9. The highest BCUT2D eigenvalue weighted by Crippen LogP contribution is 2.52. The van der Waals surface area contributed by atoms with E-state index in [0.29, 0.717) is 12.8 Å². The Bertz CT molecular complexity index is 440. The van der Waals surface area contributed by atoms with Crippen LogP contribution in [0.4, 0.5) is 8.78 Å². The monoisotopic (exact) mass is 279 g/mol. The lowest BCUT2D eigenvalue weighted by atomic mass is 9.71. The van der Waals surface area contributed by atoms with Crippen LogP contribution in [0, 0.1) is 0 Å². The van der Waals surface area contributed by atoms with E-state index in [-0.39, 0.29) is 6.42 Å². The van der Waals surface area contributed by atoms with Crippen LogP contribution in [0.1, 0.15) is 50.5 Å². The van der Waals surface area contributed by atoms with Gasteiger partial charge in [-0.05, 0) is 44.3 Å². The molecule has 0 spiro atoms. The fraction of sp³-hybridized carbons (Fsp3) is 0.647. The van der Waals surface area contributed by atoms with Gasteiger partial charge in [0.1, 0.15) is 5.54 Å². The first-order chi connectivity index (χ1) is 9.67. The van der Waals surface area contributed by atoms with Crippen molar-refractivity contribution >= 4 is 0 Å². The molecular weight excluding hydrogens is 256 g/mol. The van der Waals surface area contributed by atoms with Crippen molar-refractivity contribution in [2.24, 2.45) is 0 Å². The lowest BCUT2D eigenvalue weighted by Crippen LogP contribution is -2.60. The highest BCUT2D eigenvalue weighted by Gasteiger charge is 2.58. The SMILES string of the molecule is FC1(F)CCCCC1(c1ccccc1)N1CCCCC1. The van der Waals surface area contributed by atoms with E-state index in [1.54, 1.807) is 0 Å². The van der Waals surface area contributed by atoms with Crippen molar-refractivity contribution in [1.82, 2.24) is 4.90 Å². The smallest absolute Gasteiger partial charge is 0.270 e. The number of benzene rings is 1. The summed E-state index contributed by atoms with van der Waals surface area (Å²) in [6, 6.07) is 9.49. The summed E-state index contributed by atoms with van der Waals surface area (Å²) in [4.78, 5) is 2.09. The normalized spacial score (nSPS) is 31.1. The molecule has 1 aromatic rings. The van der Waals surface area contributed by atoms with E-state index >= 15 is 0 Å². The molecule has 1 saturated carbocycles. The topological polar surface area (TPSA) is 3.24 Å². The molecule has 1 atom stereocenters. The number of piperidine rings is 1. The van der Waals surface area contributed by atoms with Gasteiger partial charge in [-0.2, -0.15) is 0 Å². The predicted octanol–water partition coefficient (Wildman–Crippen LogP) is 4.58. The lowest BCUT2D eigenvalue weighted by molar-refractivity contribution is -0.179. The molecule has 20 heavy (non-hydrogen) atoms. The second kappa shape index (κ2) is 5.44. The lowest BCUT2D eigenvalue weighted by Gasteiger charge is -2.52. The number of likely N-dealkylation sites (tertiary alicyclic amines) is 1.